The predicted molar refractivity (Wildman–Crippen MR) is 123 cm³/mol. The number of hydrogen-bond donors (Lipinski definition) is 1. The van der Waals surface area contributed by atoms with Gasteiger partial charge >= 0.3 is 12.1 Å². The summed E-state index contributed by atoms with van der Waals surface area (Å²) in [6, 6.07) is 3.80. The highest BCUT2D eigenvalue weighted by atomic mass is 35.5. The summed E-state index contributed by atoms with van der Waals surface area (Å²) in [5, 5.41) is 2.14. The van der Waals surface area contributed by atoms with Crippen molar-refractivity contribution in [2.75, 3.05) is 5.32 Å². The van der Waals surface area contributed by atoms with Crippen molar-refractivity contribution in [3.8, 4) is 11.8 Å². The number of fused-ring (bicyclic) bond motifs is 2. The van der Waals surface area contributed by atoms with Crippen molar-refractivity contribution in [2.45, 2.75) is 70.6 Å². The first-order valence-corrected chi connectivity index (χ1v) is 11.8. The van der Waals surface area contributed by atoms with Gasteiger partial charge in [0.05, 0.1) is 10.8 Å². The topological polar surface area (TPSA) is 55.4 Å². The van der Waals surface area contributed by atoms with Gasteiger partial charge in [-0.15, -0.1) is 11.6 Å². The van der Waals surface area contributed by atoms with Crippen LogP contribution in [0.1, 0.15) is 58.9 Å². The number of amides is 1. The Kier molecular flexibility index (Phi) is 5.78. The van der Waals surface area contributed by atoms with Gasteiger partial charge in [0.2, 0.25) is 0 Å². The van der Waals surface area contributed by atoms with Crippen LogP contribution in [-0.2, 0) is 19.7 Å². The van der Waals surface area contributed by atoms with E-state index in [0.29, 0.717) is 6.42 Å². The molecule has 3 fully saturated rings. The molecule has 2 aliphatic carbocycles. The lowest BCUT2D eigenvalue weighted by molar-refractivity contribution is -0.166. The monoisotopic (exact) mass is 514 g/mol. The highest BCUT2D eigenvalue weighted by molar-refractivity contribution is 6.31. The summed E-state index contributed by atoms with van der Waals surface area (Å²) < 4.78 is 49.6. The lowest BCUT2D eigenvalue weighted by atomic mass is 9.66. The van der Waals surface area contributed by atoms with Crippen LogP contribution in [0.15, 0.2) is 18.2 Å². The zero-order chi connectivity index (χ0) is 25.3. The van der Waals surface area contributed by atoms with Crippen LogP contribution in [0.5, 0.6) is 0 Å². The molecule has 3 aliphatic rings. The third-order valence-corrected chi connectivity index (χ3v) is 8.59. The molecule has 4 rings (SSSR count). The number of rotatable bonds is 4. The molecule has 1 heterocycles. The quantitative estimate of drug-likeness (QED) is 0.373. The molecular weight excluding hydrogens is 490 g/mol. The van der Waals surface area contributed by atoms with Crippen LogP contribution in [0.2, 0.25) is 5.02 Å². The fourth-order valence-electron chi connectivity index (χ4n) is 5.10. The van der Waals surface area contributed by atoms with E-state index in [4.69, 9.17) is 27.9 Å². The van der Waals surface area contributed by atoms with Gasteiger partial charge in [-0.3, -0.25) is 9.59 Å². The van der Waals surface area contributed by atoms with Crippen LogP contribution in [-0.4, -0.2) is 23.7 Å². The maximum atomic E-state index is 14.7. The van der Waals surface area contributed by atoms with Crippen LogP contribution in [0.25, 0.3) is 0 Å². The summed E-state index contributed by atoms with van der Waals surface area (Å²) in [6.45, 7) is 6.43. The Morgan fingerprint density at radius 2 is 1.85 bits per heavy atom. The Hall–Kier alpha value is -1.91. The van der Waals surface area contributed by atoms with Gasteiger partial charge < -0.3 is 10.1 Å². The molecular formula is C25H25Cl2F3NO3. The predicted octanol–water partition coefficient (Wildman–Crippen LogP) is 6.40. The maximum Gasteiger partial charge on any atom is 0.410 e. The second kappa shape index (κ2) is 7.80. The minimum atomic E-state index is -4.89. The molecule has 1 radical (unpaired) electrons. The van der Waals surface area contributed by atoms with Gasteiger partial charge in [-0.05, 0) is 57.7 Å². The summed E-state index contributed by atoms with van der Waals surface area (Å²) in [6.07, 6.45) is -2.74. The minimum Gasteiger partial charge on any atom is -0.448 e. The number of hydrogen-bond acceptors (Lipinski definition) is 3. The van der Waals surface area contributed by atoms with Crippen molar-refractivity contribution >= 4 is 40.8 Å². The molecule has 1 saturated heterocycles. The number of esters is 1. The first-order chi connectivity index (χ1) is 15.6. The molecule has 1 N–H and O–H groups in total. The molecule has 3 atom stereocenters. The van der Waals surface area contributed by atoms with E-state index in [1.54, 1.807) is 20.8 Å². The van der Waals surface area contributed by atoms with Gasteiger partial charge in [0.25, 0.3) is 5.91 Å². The van der Waals surface area contributed by atoms with E-state index in [-0.39, 0.29) is 28.6 Å². The molecule has 34 heavy (non-hydrogen) atoms. The van der Waals surface area contributed by atoms with Crippen molar-refractivity contribution < 1.29 is 27.5 Å². The molecule has 1 aromatic rings. The number of carbonyl (C=O) groups excluding carboxylic acids is 2. The number of benzene rings is 1. The summed E-state index contributed by atoms with van der Waals surface area (Å²) >= 11 is 12.2. The van der Waals surface area contributed by atoms with Crippen molar-refractivity contribution in [3.05, 3.63) is 34.2 Å². The highest BCUT2D eigenvalue weighted by Gasteiger charge is 2.75. The zero-order valence-corrected chi connectivity index (χ0v) is 20.8. The first kappa shape index (κ1) is 25.2. The van der Waals surface area contributed by atoms with Gasteiger partial charge in [0, 0.05) is 27.6 Å². The van der Waals surface area contributed by atoms with Crippen LogP contribution < -0.4 is 5.32 Å². The van der Waals surface area contributed by atoms with Crippen LogP contribution >= 0.6 is 23.2 Å². The summed E-state index contributed by atoms with van der Waals surface area (Å²) in [4.78, 5) is 26.2. The Morgan fingerprint density at radius 1 is 1.21 bits per heavy atom. The Balaban J connectivity index is 1.82. The van der Waals surface area contributed by atoms with Gasteiger partial charge in [0.15, 0.2) is 11.0 Å². The van der Waals surface area contributed by atoms with E-state index in [1.165, 1.54) is 12.1 Å². The molecule has 1 aromatic carbocycles. The van der Waals surface area contributed by atoms with E-state index < -0.39 is 45.3 Å². The van der Waals surface area contributed by atoms with Gasteiger partial charge in [-0.1, -0.05) is 37.3 Å². The molecule has 1 aliphatic heterocycles. The average molecular weight is 515 g/mol. The Bertz CT molecular complexity index is 1120. The van der Waals surface area contributed by atoms with Crippen LogP contribution in [0, 0.1) is 34.0 Å². The number of alkyl halides is 3. The maximum absolute atomic E-state index is 14.7. The van der Waals surface area contributed by atoms with Crippen molar-refractivity contribution in [1.29, 1.82) is 0 Å². The van der Waals surface area contributed by atoms with Gasteiger partial charge in [0.1, 0.15) is 0 Å². The van der Waals surface area contributed by atoms with Crippen molar-refractivity contribution in [2.24, 2.45) is 16.7 Å². The summed E-state index contributed by atoms with van der Waals surface area (Å²) in [5.41, 5.74) is -6.60. The standard InChI is InChI=1S/C25H25Cl2F3NO3/c1-14(26)23(25(28,29)30,10-9-15-5-6-15)17-13-16(27)7-8-18(17)31-19(32)24-12-11-22(4,20(33)34-24)21(24,2)3/h7-8,13,15H,5-6,11-12H2,1-4H3,(H,31,32)/t22-,23-,24+/m0/s1. The average Bonchev–Trinajstić information content (AvgIpc) is 3.50. The molecule has 9 heteroatoms. The Morgan fingerprint density at radius 3 is 2.32 bits per heavy atom. The van der Waals surface area contributed by atoms with Crippen molar-refractivity contribution in [1.82, 2.24) is 0 Å². The van der Waals surface area contributed by atoms with Crippen LogP contribution in [0.3, 0.4) is 0 Å². The molecule has 0 unspecified atom stereocenters. The highest BCUT2D eigenvalue weighted by Crippen LogP contribution is 2.66. The van der Waals surface area contributed by atoms with Crippen molar-refractivity contribution in [3.63, 3.8) is 0 Å². The molecule has 0 spiro atoms. The molecule has 183 valence electrons. The number of nitrogens with one attached hydrogen (secondary N) is 1. The molecule has 4 nitrogen and oxygen atoms in total. The van der Waals surface area contributed by atoms with Gasteiger partial charge in [-0.25, -0.2) is 0 Å². The molecule has 1 amide bonds. The fraction of sp³-hybridized carbons (Fsp3) is 0.560. The number of ether oxygens (including phenoxy) is 1. The van der Waals surface area contributed by atoms with Gasteiger partial charge in [-0.2, -0.15) is 13.2 Å². The minimum absolute atomic E-state index is 0.0343. The second-order valence-corrected chi connectivity index (χ2v) is 11.1. The summed E-state index contributed by atoms with van der Waals surface area (Å²) in [5.74, 6) is 3.78. The zero-order valence-electron chi connectivity index (χ0n) is 19.3. The van der Waals surface area contributed by atoms with Crippen LogP contribution in [0.4, 0.5) is 18.9 Å². The number of halogens is 5. The molecule has 2 saturated carbocycles. The Labute approximate surface area is 206 Å². The molecule has 0 aromatic heterocycles. The van der Waals surface area contributed by atoms with E-state index in [0.717, 1.165) is 25.8 Å². The van der Waals surface area contributed by atoms with E-state index in [1.807, 2.05) is 0 Å². The van der Waals surface area contributed by atoms with E-state index >= 15 is 0 Å². The SMILES string of the molecule is C[C](Cl)[C@@](C#CC1CC1)(c1cc(Cl)ccc1NC(=O)[C@@]12CC[C@@](C)(C(=O)O1)C2(C)C)C(F)(F)F. The second-order valence-electron chi connectivity index (χ2n) is 10.1. The lowest BCUT2D eigenvalue weighted by Gasteiger charge is -2.37. The lowest BCUT2D eigenvalue weighted by Crippen LogP contribution is -2.51. The fourth-order valence-corrected chi connectivity index (χ4v) is 5.53. The van der Waals surface area contributed by atoms with E-state index in [9.17, 15) is 22.8 Å². The normalized spacial score (nSPS) is 29.3. The largest absolute Gasteiger partial charge is 0.448 e. The smallest absolute Gasteiger partial charge is 0.410 e. The first-order valence-electron chi connectivity index (χ1n) is 11.1. The molecule has 2 bridgehead atoms. The van der Waals surface area contributed by atoms with E-state index in [2.05, 4.69) is 17.2 Å². The number of anilines is 1. The third-order valence-electron chi connectivity index (χ3n) is 8.07. The number of carbonyl (C=O) groups is 2. The third kappa shape index (κ3) is 3.36. The summed E-state index contributed by atoms with van der Waals surface area (Å²) in [7, 11) is 0.